The summed E-state index contributed by atoms with van der Waals surface area (Å²) in [6.07, 6.45) is 0.0510. The smallest absolute Gasteiger partial charge is 0.396 e. The van der Waals surface area contributed by atoms with Crippen LogP contribution in [0.25, 0.3) is 0 Å². The molecule has 2 unspecified atom stereocenters. The van der Waals surface area contributed by atoms with Gasteiger partial charge in [0.2, 0.25) is 0 Å². The Morgan fingerprint density at radius 1 is 0.903 bits per heavy atom. The summed E-state index contributed by atoms with van der Waals surface area (Å²) in [5.41, 5.74) is 0. The number of esters is 3. The standard InChI is InChI=1S/C17H30B2N2O10/c1-18-30-10-8-29-17(26)13(4-6-14(22)23)21-19-31-11-9-28-16(25)12(20-2)5-7-15(24)27-3/h12-13,20-21H,4-11H2,1-3H3,(H,22,23). The molecule has 0 bridgehead atoms. The predicted octanol–water partition coefficient (Wildman–Crippen LogP) is -1.33. The van der Waals surface area contributed by atoms with Crippen LogP contribution in [0, 0.1) is 0 Å². The van der Waals surface area contributed by atoms with Crippen molar-refractivity contribution in [2.24, 2.45) is 0 Å². The molecule has 0 aliphatic carbocycles. The molecule has 0 heterocycles. The van der Waals surface area contributed by atoms with Crippen molar-refractivity contribution in [1.82, 2.24) is 10.5 Å². The molecule has 0 fully saturated rings. The minimum Gasteiger partial charge on any atom is -0.481 e. The maximum absolute atomic E-state index is 12.0. The van der Waals surface area contributed by atoms with Gasteiger partial charge < -0.3 is 39.2 Å². The van der Waals surface area contributed by atoms with E-state index in [4.69, 9.17) is 23.9 Å². The van der Waals surface area contributed by atoms with E-state index < -0.39 is 36.0 Å². The average Bonchev–Trinajstić information content (AvgIpc) is 2.75. The van der Waals surface area contributed by atoms with Crippen LogP contribution in [0.5, 0.6) is 0 Å². The second-order valence-corrected chi connectivity index (χ2v) is 6.04. The average molecular weight is 444 g/mol. The molecular weight excluding hydrogens is 414 g/mol. The molecule has 174 valence electrons. The maximum atomic E-state index is 12.0. The molecule has 2 atom stereocenters. The molecule has 0 saturated heterocycles. The molecule has 0 rings (SSSR count). The van der Waals surface area contributed by atoms with Crippen molar-refractivity contribution in [3.63, 3.8) is 0 Å². The van der Waals surface area contributed by atoms with E-state index in [9.17, 15) is 19.2 Å². The number of likely N-dealkylation sites (N-methyl/N-ethyl adjacent to an activating group) is 1. The van der Waals surface area contributed by atoms with Crippen LogP contribution in [0.4, 0.5) is 0 Å². The van der Waals surface area contributed by atoms with Gasteiger partial charge in [-0.3, -0.25) is 19.2 Å². The van der Waals surface area contributed by atoms with E-state index in [0.29, 0.717) is 0 Å². The normalized spacial score (nSPS) is 12.4. The van der Waals surface area contributed by atoms with Crippen LogP contribution in [0.1, 0.15) is 25.7 Å². The van der Waals surface area contributed by atoms with E-state index in [1.165, 1.54) is 14.6 Å². The molecule has 12 nitrogen and oxygen atoms in total. The maximum Gasteiger partial charge on any atom is 0.396 e. The van der Waals surface area contributed by atoms with Gasteiger partial charge in [0, 0.05) is 12.8 Å². The molecule has 31 heavy (non-hydrogen) atoms. The molecule has 0 amide bonds. The number of carboxylic acid groups (broad SMARTS) is 1. The first kappa shape index (κ1) is 28.8. The number of rotatable bonds is 19. The van der Waals surface area contributed by atoms with Crippen LogP contribution in [0.2, 0.25) is 6.82 Å². The third kappa shape index (κ3) is 15.3. The van der Waals surface area contributed by atoms with Crippen LogP contribution in [0.15, 0.2) is 0 Å². The lowest BCUT2D eigenvalue weighted by Gasteiger charge is -2.17. The van der Waals surface area contributed by atoms with Crippen molar-refractivity contribution in [1.29, 1.82) is 0 Å². The van der Waals surface area contributed by atoms with Gasteiger partial charge in [-0.1, -0.05) is 6.82 Å². The van der Waals surface area contributed by atoms with Gasteiger partial charge in [-0.25, -0.2) is 0 Å². The molecule has 3 N–H and O–H groups in total. The number of aliphatic carboxylic acids is 1. The zero-order chi connectivity index (χ0) is 23.5. The number of hydrogen-bond donors (Lipinski definition) is 3. The summed E-state index contributed by atoms with van der Waals surface area (Å²) in [5, 5.41) is 14.2. The van der Waals surface area contributed by atoms with E-state index in [0.717, 1.165) is 7.62 Å². The van der Waals surface area contributed by atoms with E-state index >= 15 is 0 Å². The molecule has 14 heteroatoms. The lowest BCUT2D eigenvalue weighted by molar-refractivity contribution is -0.148. The Morgan fingerprint density at radius 3 is 2.03 bits per heavy atom. The molecular formula is C17H30B2N2O10. The number of carbonyl (C=O) groups excluding carboxylic acids is 3. The lowest BCUT2D eigenvalue weighted by Crippen LogP contribution is -2.42. The van der Waals surface area contributed by atoms with Gasteiger partial charge in [0.05, 0.1) is 26.4 Å². The number of nitrogens with one attached hydrogen (secondary N) is 2. The number of carbonyl (C=O) groups is 4. The van der Waals surface area contributed by atoms with E-state index in [1.54, 1.807) is 13.9 Å². The molecule has 0 aromatic rings. The minimum atomic E-state index is -1.05. The summed E-state index contributed by atoms with van der Waals surface area (Å²) < 4.78 is 24.7. The fourth-order valence-corrected chi connectivity index (χ4v) is 2.17. The third-order valence-electron chi connectivity index (χ3n) is 3.84. The molecule has 0 aromatic heterocycles. The highest BCUT2D eigenvalue weighted by Crippen LogP contribution is 2.02. The van der Waals surface area contributed by atoms with Gasteiger partial charge in [0.15, 0.2) is 0 Å². The molecule has 2 radical (unpaired) electrons. The van der Waals surface area contributed by atoms with E-state index in [-0.39, 0.29) is 52.1 Å². The van der Waals surface area contributed by atoms with Crippen molar-refractivity contribution < 1.29 is 47.8 Å². The third-order valence-corrected chi connectivity index (χ3v) is 3.84. The highest BCUT2D eigenvalue weighted by molar-refractivity contribution is 6.24. The first-order chi connectivity index (χ1) is 14.8. The summed E-state index contributed by atoms with van der Waals surface area (Å²) in [6.45, 7) is 1.82. The fourth-order valence-electron chi connectivity index (χ4n) is 2.17. The highest BCUT2D eigenvalue weighted by Gasteiger charge is 2.22. The van der Waals surface area contributed by atoms with Crippen molar-refractivity contribution in [3.8, 4) is 0 Å². The zero-order valence-electron chi connectivity index (χ0n) is 18.1. The van der Waals surface area contributed by atoms with Gasteiger partial charge in [-0.2, -0.15) is 0 Å². The lowest BCUT2D eigenvalue weighted by atomic mass is 10.1. The van der Waals surface area contributed by atoms with Crippen LogP contribution < -0.4 is 10.5 Å². The van der Waals surface area contributed by atoms with Crippen LogP contribution >= 0.6 is 0 Å². The zero-order valence-corrected chi connectivity index (χ0v) is 18.1. The number of carboxylic acids is 1. The Balaban J connectivity index is 4.19. The van der Waals surface area contributed by atoms with Crippen LogP contribution in [0.3, 0.4) is 0 Å². The summed E-state index contributed by atoms with van der Waals surface area (Å²) in [7, 11) is 5.41. The largest absolute Gasteiger partial charge is 0.481 e. The van der Waals surface area contributed by atoms with E-state index in [2.05, 4.69) is 15.3 Å². The Hall–Kier alpha value is -2.15. The van der Waals surface area contributed by atoms with Crippen molar-refractivity contribution >= 4 is 39.0 Å². The van der Waals surface area contributed by atoms with Crippen molar-refractivity contribution in [2.75, 3.05) is 40.6 Å². The van der Waals surface area contributed by atoms with Crippen LogP contribution in [-0.4, -0.2) is 96.8 Å². The molecule has 0 spiro atoms. The second kappa shape index (κ2) is 18.6. The van der Waals surface area contributed by atoms with Crippen molar-refractivity contribution in [2.45, 2.75) is 44.6 Å². The Bertz CT molecular complexity index is 553. The van der Waals surface area contributed by atoms with Gasteiger partial charge in [0.1, 0.15) is 19.3 Å². The monoisotopic (exact) mass is 444 g/mol. The van der Waals surface area contributed by atoms with Crippen molar-refractivity contribution in [3.05, 3.63) is 0 Å². The van der Waals surface area contributed by atoms with Gasteiger partial charge in [-0.15, -0.1) is 0 Å². The predicted molar refractivity (Wildman–Crippen MR) is 109 cm³/mol. The quantitative estimate of drug-likeness (QED) is 0.0935. The van der Waals surface area contributed by atoms with Crippen LogP contribution in [-0.2, 0) is 42.7 Å². The van der Waals surface area contributed by atoms with Gasteiger partial charge in [-0.05, 0) is 19.9 Å². The Labute approximate surface area is 183 Å². The Morgan fingerprint density at radius 2 is 1.48 bits per heavy atom. The van der Waals surface area contributed by atoms with E-state index in [1.807, 2.05) is 0 Å². The fraction of sp³-hybridized carbons (Fsp3) is 0.765. The highest BCUT2D eigenvalue weighted by atomic mass is 16.6. The molecule has 0 aliphatic heterocycles. The summed E-state index contributed by atoms with van der Waals surface area (Å²) in [6, 6.07) is -1.58. The molecule has 0 aliphatic rings. The topological polar surface area (TPSA) is 159 Å². The molecule has 0 aromatic carbocycles. The molecule has 0 saturated carbocycles. The summed E-state index contributed by atoms with van der Waals surface area (Å²) in [4.78, 5) is 45.9. The number of ether oxygens (including phenoxy) is 3. The number of hydrogen-bond acceptors (Lipinski definition) is 11. The first-order valence-electron chi connectivity index (χ1n) is 9.73. The van der Waals surface area contributed by atoms with Gasteiger partial charge in [0.25, 0.3) is 7.48 Å². The second-order valence-electron chi connectivity index (χ2n) is 6.04. The minimum absolute atomic E-state index is 0.00613. The van der Waals surface area contributed by atoms with Gasteiger partial charge >= 0.3 is 31.5 Å². The summed E-state index contributed by atoms with van der Waals surface area (Å²) in [5.74, 6) is -2.67. The Kier molecular flexibility index (Phi) is 17.3. The SMILES string of the molecule is C[B]OCCOC(=O)C(CCC(=O)O)N[B]OCCOC(=O)C(CCC(=O)OC)NC. The number of methoxy groups -OCH3 is 1. The summed E-state index contributed by atoms with van der Waals surface area (Å²) >= 11 is 0. The first-order valence-corrected chi connectivity index (χ1v) is 9.73.